The van der Waals surface area contributed by atoms with Crippen LogP contribution in [0.2, 0.25) is 0 Å². The molecule has 2 aromatic carbocycles. The number of nitrogen functional groups attached to an aromatic ring is 1. The van der Waals surface area contributed by atoms with E-state index >= 15 is 0 Å². The first-order valence-electron chi connectivity index (χ1n) is 8.62. The fraction of sp³-hybridized carbons (Fsp3) is 0.300. The summed E-state index contributed by atoms with van der Waals surface area (Å²) in [5.74, 6) is -0.146. The minimum Gasteiger partial charge on any atom is -0.399 e. The van der Waals surface area contributed by atoms with E-state index in [0.29, 0.717) is 22.5 Å². The second-order valence-corrected chi connectivity index (χ2v) is 6.50. The third-order valence-corrected chi connectivity index (χ3v) is 4.63. The van der Waals surface area contributed by atoms with Gasteiger partial charge in [0, 0.05) is 35.1 Å². The van der Waals surface area contributed by atoms with E-state index in [1.54, 1.807) is 48.5 Å². The summed E-state index contributed by atoms with van der Waals surface area (Å²) in [4.78, 5) is 26.8. The lowest BCUT2D eigenvalue weighted by Gasteiger charge is -2.33. The first-order chi connectivity index (χ1) is 12.0. The molecule has 26 heavy (non-hydrogen) atoms. The van der Waals surface area contributed by atoms with Crippen LogP contribution in [0.5, 0.6) is 0 Å². The zero-order valence-corrected chi connectivity index (χ0v) is 15.6. The number of hydrogen-bond donors (Lipinski definition) is 2. The first kappa shape index (κ1) is 19.8. The standard InChI is InChI=1S/C20H23N3O2.ClH/c1-14-4-2-3-13-23(14)20(25)16-7-11-18(12-8-16)22-19(24)15-5-9-17(21)10-6-15;/h5-12,14H,2-4,13,21H2,1H3,(H,22,24);1H. The molecule has 0 spiro atoms. The molecule has 3 rings (SSSR count). The van der Waals surface area contributed by atoms with Crippen molar-refractivity contribution in [2.24, 2.45) is 0 Å². The highest BCUT2D eigenvalue weighted by molar-refractivity contribution is 6.04. The third kappa shape index (κ3) is 4.55. The van der Waals surface area contributed by atoms with Gasteiger partial charge in [0.15, 0.2) is 0 Å². The lowest BCUT2D eigenvalue weighted by Crippen LogP contribution is -2.42. The Morgan fingerprint density at radius 1 is 1.00 bits per heavy atom. The van der Waals surface area contributed by atoms with Crippen molar-refractivity contribution in [2.75, 3.05) is 17.6 Å². The first-order valence-corrected chi connectivity index (χ1v) is 8.62. The molecule has 1 atom stereocenters. The molecule has 5 nitrogen and oxygen atoms in total. The topological polar surface area (TPSA) is 75.4 Å². The highest BCUT2D eigenvalue weighted by atomic mass is 35.5. The normalized spacial score (nSPS) is 16.5. The Labute approximate surface area is 160 Å². The summed E-state index contributed by atoms with van der Waals surface area (Å²) in [6.45, 7) is 2.91. The minimum atomic E-state index is -0.205. The van der Waals surface area contributed by atoms with Crippen LogP contribution < -0.4 is 11.1 Å². The quantitative estimate of drug-likeness (QED) is 0.799. The third-order valence-electron chi connectivity index (χ3n) is 4.63. The summed E-state index contributed by atoms with van der Waals surface area (Å²) in [6, 6.07) is 14.1. The summed E-state index contributed by atoms with van der Waals surface area (Å²) < 4.78 is 0. The van der Waals surface area contributed by atoms with Crippen molar-refractivity contribution in [1.82, 2.24) is 4.90 Å². The maximum atomic E-state index is 12.6. The van der Waals surface area contributed by atoms with Gasteiger partial charge in [0.2, 0.25) is 0 Å². The van der Waals surface area contributed by atoms with E-state index < -0.39 is 0 Å². The molecule has 3 N–H and O–H groups in total. The molecule has 0 saturated carbocycles. The molecule has 1 aliphatic rings. The van der Waals surface area contributed by atoms with Crippen molar-refractivity contribution in [3.8, 4) is 0 Å². The molecule has 1 saturated heterocycles. The van der Waals surface area contributed by atoms with Gasteiger partial charge in [-0.1, -0.05) is 0 Å². The number of anilines is 2. The second-order valence-electron chi connectivity index (χ2n) is 6.50. The van der Waals surface area contributed by atoms with E-state index in [1.807, 2.05) is 4.90 Å². The van der Waals surface area contributed by atoms with Gasteiger partial charge in [0.25, 0.3) is 11.8 Å². The molecule has 1 aliphatic heterocycles. The Morgan fingerprint density at radius 2 is 1.62 bits per heavy atom. The Bertz CT molecular complexity index is 760. The number of hydrogen-bond acceptors (Lipinski definition) is 3. The summed E-state index contributed by atoms with van der Waals surface area (Å²) >= 11 is 0. The lowest BCUT2D eigenvalue weighted by atomic mass is 10.0. The molecular weight excluding hydrogens is 350 g/mol. The number of amides is 2. The summed E-state index contributed by atoms with van der Waals surface area (Å²) in [6.07, 6.45) is 3.30. The van der Waals surface area contributed by atoms with Crippen molar-refractivity contribution in [1.29, 1.82) is 0 Å². The van der Waals surface area contributed by atoms with E-state index in [-0.39, 0.29) is 30.3 Å². The predicted octanol–water partition coefficient (Wildman–Crippen LogP) is 3.96. The second kappa shape index (κ2) is 8.72. The van der Waals surface area contributed by atoms with Gasteiger partial charge in [-0.15, -0.1) is 12.4 Å². The van der Waals surface area contributed by atoms with E-state index in [1.165, 1.54) is 6.42 Å². The predicted molar refractivity (Wildman–Crippen MR) is 107 cm³/mol. The van der Waals surface area contributed by atoms with Gasteiger partial charge in [-0.2, -0.15) is 0 Å². The smallest absolute Gasteiger partial charge is 0.255 e. The van der Waals surface area contributed by atoms with Crippen LogP contribution in [0.3, 0.4) is 0 Å². The number of likely N-dealkylation sites (tertiary alicyclic amines) is 1. The van der Waals surface area contributed by atoms with Crippen molar-refractivity contribution in [3.05, 3.63) is 59.7 Å². The monoisotopic (exact) mass is 373 g/mol. The zero-order chi connectivity index (χ0) is 17.8. The Hall–Kier alpha value is -2.53. The lowest BCUT2D eigenvalue weighted by molar-refractivity contribution is 0.0635. The molecular formula is C20H24ClN3O2. The molecule has 1 fully saturated rings. The van der Waals surface area contributed by atoms with Crippen LogP contribution >= 0.6 is 12.4 Å². The van der Waals surface area contributed by atoms with Gasteiger partial charge in [-0.05, 0) is 74.7 Å². The maximum Gasteiger partial charge on any atom is 0.255 e. The highest BCUT2D eigenvalue weighted by Gasteiger charge is 2.24. The molecule has 6 heteroatoms. The van der Waals surface area contributed by atoms with Crippen LogP contribution in [0.4, 0.5) is 11.4 Å². The maximum absolute atomic E-state index is 12.6. The van der Waals surface area contributed by atoms with Crippen LogP contribution in [0.25, 0.3) is 0 Å². The number of carbonyl (C=O) groups excluding carboxylic acids is 2. The number of carbonyl (C=O) groups is 2. The van der Waals surface area contributed by atoms with Gasteiger partial charge < -0.3 is 16.0 Å². The van der Waals surface area contributed by atoms with Crippen LogP contribution in [0, 0.1) is 0 Å². The fourth-order valence-electron chi connectivity index (χ4n) is 3.10. The molecule has 0 aromatic heterocycles. The van der Waals surface area contributed by atoms with Gasteiger partial charge in [0.05, 0.1) is 0 Å². The molecule has 0 bridgehead atoms. The molecule has 1 unspecified atom stereocenters. The van der Waals surface area contributed by atoms with E-state index in [2.05, 4.69) is 12.2 Å². The molecule has 138 valence electrons. The summed E-state index contributed by atoms with van der Waals surface area (Å²) in [5.41, 5.74) is 8.09. The molecule has 1 heterocycles. The highest BCUT2D eigenvalue weighted by Crippen LogP contribution is 2.20. The molecule has 2 amide bonds. The van der Waals surface area contributed by atoms with Gasteiger partial charge in [-0.25, -0.2) is 0 Å². The van der Waals surface area contributed by atoms with Crippen LogP contribution in [-0.4, -0.2) is 29.3 Å². The van der Waals surface area contributed by atoms with Gasteiger partial charge >= 0.3 is 0 Å². The number of nitrogens with two attached hydrogens (primary N) is 1. The Kier molecular flexibility index (Phi) is 6.64. The van der Waals surface area contributed by atoms with E-state index in [9.17, 15) is 9.59 Å². The number of nitrogens with zero attached hydrogens (tertiary/aromatic N) is 1. The van der Waals surface area contributed by atoms with E-state index in [4.69, 9.17) is 5.73 Å². The van der Waals surface area contributed by atoms with Gasteiger partial charge in [-0.3, -0.25) is 9.59 Å². The number of rotatable bonds is 3. The fourth-order valence-corrected chi connectivity index (χ4v) is 3.10. The molecule has 0 radical (unpaired) electrons. The average molecular weight is 374 g/mol. The largest absolute Gasteiger partial charge is 0.399 e. The van der Waals surface area contributed by atoms with Crippen LogP contribution in [0.1, 0.15) is 46.9 Å². The number of halogens is 1. The van der Waals surface area contributed by atoms with Crippen molar-refractivity contribution in [3.63, 3.8) is 0 Å². The average Bonchev–Trinajstić information content (AvgIpc) is 2.63. The van der Waals surface area contributed by atoms with Crippen molar-refractivity contribution >= 4 is 35.6 Å². The molecule has 2 aromatic rings. The Morgan fingerprint density at radius 3 is 2.23 bits per heavy atom. The van der Waals surface area contributed by atoms with Crippen molar-refractivity contribution in [2.45, 2.75) is 32.2 Å². The summed E-state index contributed by atoms with van der Waals surface area (Å²) in [5, 5.41) is 2.83. The van der Waals surface area contributed by atoms with Crippen molar-refractivity contribution < 1.29 is 9.59 Å². The van der Waals surface area contributed by atoms with Crippen LogP contribution in [-0.2, 0) is 0 Å². The molecule has 0 aliphatic carbocycles. The minimum absolute atomic E-state index is 0. The van der Waals surface area contributed by atoms with Gasteiger partial charge in [0.1, 0.15) is 0 Å². The van der Waals surface area contributed by atoms with E-state index in [0.717, 1.165) is 19.4 Å². The number of nitrogens with one attached hydrogen (secondary N) is 1. The number of benzene rings is 2. The SMILES string of the molecule is CC1CCCCN1C(=O)c1ccc(NC(=O)c2ccc(N)cc2)cc1.Cl. The Balaban J connectivity index is 0.00000243. The number of piperidine rings is 1. The zero-order valence-electron chi connectivity index (χ0n) is 14.8. The van der Waals surface area contributed by atoms with Crippen LogP contribution in [0.15, 0.2) is 48.5 Å². The summed E-state index contributed by atoms with van der Waals surface area (Å²) in [7, 11) is 0.